The van der Waals surface area contributed by atoms with E-state index in [-0.39, 0.29) is 0 Å². The van der Waals surface area contributed by atoms with Crippen molar-refractivity contribution >= 4 is 5.69 Å². The molecule has 0 spiro atoms. The van der Waals surface area contributed by atoms with E-state index in [1.54, 1.807) is 12.5 Å². The van der Waals surface area contributed by atoms with Gasteiger partial charge in [0.1, 0.15) is 0 Å². The van der Waals surface area contributed by atoms with Gasteiger partial charge in [0.2, 0.25) is 0 Å². The zero-order valence-electron chi connectivity index (χ0n) is 11.6. The van der Waals surface area contributed by atoms with Gasteiger partial charge in [-0.25, -0.2) is 4.98 Å². The maximum absolute atomic E-state index is 4.26. The third-order valence-corrected chi connectivity index (χ3v) is 3.49. The molecule has 0 fully saturated rings. The average Bonchev–Trinajstić information content (AvgIpc) is 3.10. The third-order valence-electron chi connectivity index (χ3n) is 3.49. The molecule has 2 aromatic heterocycles. The van der Waals surface area contributed by atoms with Gasteiger partial charge in [0.25, 0.3) is 0 Å². The molecule has 0 amide bonds. The van der Waals surface area contributed by atoms with Crippen LogP contribution in [0.1, 0.15) is 11.3 Å². The van der Waals surface area contributed by atoms with Crippen LogP contribution in [0.25, 0.3) is 5.69 Å². The molecule has 0 saturated heterocycles. The molecule has 20 heavy (non-hydrogen) atoms. The summed E-state index contributed by atoms with van der Waals surface area (Å²) in [5.74, 6) is 0. The zero-order chi connectivity index (χ0) is 13.9. The fourth-order valence-electron chi connectivity index (χ4n) is 2.16. The van der Waals surface area contributed by atoms with Crippen molar-refractivity contribution in [1.82, 2.24) is 19.3 Å². The van der Waals surface area contributed by atoms with Gasteiger partial charge >= 0.3 is 0 Å². The second kappa shape index (κ2) is 5.21. The topological polar surface area (TPSA) is 47.7 Å². The molecule has 0 aliphatic carbocycles. The van der Waals surface area contributed by atoms with Crippen LogP contribution in [0, 0.1) is 6.92 Å². The number of imidazole rings is 1. The number of nitrogens with zero attached hydrogens (tertiary/aromatic N) is 4. The van der Waals surface area contributed by atoms with E-state index in [1.807, 2.05) is 40.8 Å². The largest absolute Gasteiger partial charge is 0.379 e. The summed E-state index contributed by atoms with van der Waals surface area (Å²) in [4.78, 5) is 4.10. The Morgan fingerprint density at radius 2 is 2.10 bits per heavy atom. The molecule has 0 bridgehead atoms. The monoisotopic (exact) mass is 267 g/mol. The SMILES string of the molecule is Cc1c(CNc2ccccc2-n2ccnc2)cnn1C. The van der Waals surface area contributed by atoms with E-state index in [9.17, 15) is 0 Å². The van der Waals surface area contributed by atoms with Gasteiger partial charge in [0, 0.05) is 37.2 Å². The molecule has 3 rings (SSSR count). The predicted molar refractivity (Wildman–Crippen MR) is 78.8 cm³/mol. The quantitative estimate of drug-likeness (QED) is 0.790. The highest BCUT2D eigenvalue weighted by atomic mass is 15.3. The number of hydrogen-bond donors (Lipinski definition) is 1. The van der Waals surface area contributed by atoms with Crippen molar-refractivity contribution in [1.29, 1.82) is 0 Å². The van der Waals surface area contributed by atoms with Gasteiger partial charge in [-0.2, -0.15) is 5.10 Å². The Labute approximate surface area is 117 Å². The standard InChI is InChI=1S/C15H17N5/c1-12-13(10-18-19(12)2)9-17-14-5-3-4-6-15(14)20-8-7-16-11-20/h3-8,10-11,17H,9H2,1-2H3. The van der Waals surface area contributed by atoms with Crippen LogP contribution in [0.5, 0.6) is 0 Å². The van der Waals surface area contributed by atoms with Crippen LogP contribution in [0.3, 0.4) is 0 Å². The number of para-hydroxylation sites is 2. The number of anilines is 1. The number of aromatic nitrogens is 4. The van der Waals surface area contributed by atoms with Crippen LogP contribution < -0.4 is 5.32 Å². The zero-order valence-corrected chi connectivity index (χ0v) is 11.6. The van der Waals surface area contributed by atoms with Crippen LogP contribution in [0.2, 0.25) is 0 Å². The lowest BCUT2D eigenvalue weighted by atomic mass is 10.2. The highest BCUT2D eigenvalue weighted by molar-refractivity contribution is 5.61. The van der Waals surface area contributed by atoms with Crippen molar-refractivity contribution in [3.8, 4) is 5.69 Å². The lowest BCUT2D eigenvalue weighted by Gasteiger charge is -2.12. The Balaban J connectivity index is 1.83. The van der Waals surface area contributed by atoms with Crippen molar-refractivity contribution in [2.24, 2.45) is 7.05 Å². The molecular weight excluding hydrogens is 250 g/mol. The molecular formula is C15H17N5. The van der Waals surface area contributed by atoms with E-state index in [2.05, 4.69) is 34.5 Å². The van der Waals surface area contributed by atoms with Gasteiger partial charge in [-0.1, -0.05) is 12.1 Å². The van der Waals surface area contributed by atoms with Gasteiger partial charge in [0.05, 0.1) is 23.9 Å². The molecule has 1 aromatic carbocycles. The first kappa shape index (κ1) is 12.5. The minimum atomic E-state index is 0.755. The fraction of sp³-hybridized carbons (Fsp3) is 0.200. The smallest absolute Gasteiger partial charge is 0.0992 e. The van der Waals surface area contributed by atoms with Crippen LogP contribution >= 0.6 is 0 Å². The second-order valence-electron chi connectivity index (χ2n) is 4.72. The number of benzene rings is 1. The molecule has 5 nitrogen and oxygen atoms in total. The Hall–Kier alpha value is -2.56. The Morgan fingerprint density at radius 1 is 1.25 bits per heavy atom. The highest BCUT2D eigenvalue weighted by Crippen LogP contribution is 2.20. The second-order valence-corrected chi connectivity index (χ2v) is 4.72. The van der Waals surface area contributed by atoms with Crippen molar-refractivity contribution < 1.29 is 0 Å². The summed E-state index contributed by atoms with van der Waals surface area (Å²) in [7, 11) is 1.96. The van der Waals surface area contributed by atoms with E-state index in [1.165, 1.54) is 11.3 Å². The summed E-state index contributed by atoms with van der Waals surface area (Å²) < 4.78 is 3.89. The first-order valence-corrected chi connectivity index (χ1v) is 6.54. The molecule has 0 aliphatic rings. The molecule has 0 saturated carbocycles. The summed E-state index contributed by atoms with van der Waals surface area (Å²) in [6, 6.07) is 8.19. The first-order chi connectivity index (χ1) is 9.75. The maximum Gasteiger partial charge on any atom is 0.0992 e. The summed E-state index contributed by atoms with van der Waals surface area (Å²) in [6.07, 6.45) is 7.43. The Morgan fingerprint density at radius 3 is 2.80 bits per heavy atom. The fourth-order valence-corrected chi connectivity index (χ4v) is 2.16. The van der Waals surface area contributed by atoms with E-state index >= 15 is 0 Å². The summed E-state index contributed by atoms with van der Waals surface area (Å²) in [5.41, 5.74) is 4.55. The normalized spacial score (nSPS) is 10.7. The highest BCUT2D eigenvalue weighted by Gasteiger charge is 2.06. The number of nitrogens with one attached hydrogen (secondary N) is 1. The number of aryl methyl sites for hydroxylation is 1. The van der Waals surface area contributed by atoms with E-state index in [0.717, 1.165) is 17.9 Å². The maximum atomic E-state index is 4.26. The van der Waals surface area contributed by atoms with Crippen molar-refractivity contribution in [3.05, 3.63) is 60.4 Å². The molecule has 0 atom stereocenters. The van der Waals surface area contributed by atoms with Crippen molar-refractivity contribution in [2.75, 3.05) is 5.32 Å². The minimum absolute atomic E-state index is 0.755. The Bertz CT molecular complexity index is 697. The van der Waals surface area contributed by atoms with Gasteiger partial charge in [0.15, 0.2) is 0 Å². The van der Waals surface area contributed by atoms with Crippen LogP contribution in [0.4, 0.5) is 5.69 Å². The third kappa shape index (κ3) is 2.30. The molecule has 1 N–H and O–H groups in total. The lowest BCUT2D eigenvalue weighted by molar-refractivity contribution is 0.738. The minimum Gasteiger partial charge on any atom is -0.379 e. The predicted octanol–water partition coefficient (Wildman–Crippen LogP) is 2.53. The van der Waals surface area contributed by atoms with E-state index in [4.69, 9.17) is 0 Å². The molecule has 0 unspecified atom stereocenters. The number of rotatable bonds is 4. The van der Waals surface area contributed by atoms with Crippen LogP contribution in [-0.2, 0) is 13.6 Å². The lowest BCUT2D eigenvalue weighted by Crippen LogP contribution is -2.04. The molecule has 0 aliphatic heterocycles. The van der Waals surface area contributed by atoms with E-state index < -0.39 is 0 Å². The molecule has 0 radical (unpaired) electrons. The molecule has 102 valence electrons. The van der Waals surface area contributed by atoms with E-state index in [0.29, 0.717) is 0 Å². The first-order valence-electron chi connectivity index (χ1n) is 6.54. The van der Waals surface area contributed by atoms with Gasteiger partial charge in [-0.3, -0.25) is 4.68 Å². The van der Waals surface area contributed by atoms with Crippen LogP contribution in [-0.4, -0.2) is 19.3 Å². The van der Waals surface area contributed by atoms with Gasteiger partial charge in [-0.05, 0) is 19.1 Å². The average molecular weight is 267 g/mol. The molecule has 3 aromatic rings. The Kier molecular flexibility index (Phi) is 3.25. The van der Waals surface area contributed by atoms with Gasteiger partial charge in [-0.15, -0.1) is 0 Å². The summed E-state index contributed by atoms with van der Waals surface area (Å²) >= 11 is 0. The van der Waals surface area contributed by atoms with Crippen molar-refractivity contribution in [2.45, 2.75) is 13.5 Å². The number of hydrogen-bond acceptors (Lipinski definition) is 3. The van der Waals surface area contributed by atoms with Crippen molar-refractivity contribution in [3.63, 3.8) is 0 Å². The molecule has 2 heterocycles. The summed E-state index contributed by atoms with van der Waals surface area (Å²) in [5, 5.41) is 7.73. The molecule has 5 heteroatoms. The summed E-state index contributed by atoms with van der Waals surface area (Å²) in [6.45, 7) is 2.83. The van der Waals surface area contributed by atoms with Gasteiger partial charge < -0.3 is 9.88 Å². The van der Waals surface area contributed by atoms with Crippen LogP contribution in [0.15, 0.2) is 49.2 Å².